The van der Waals surface area contributed by atoms with E-state index in [1.54, 1.807) is 11.8 Å². The minimum atomic E-state index is -0.731. The molecule has 0 saturated carbocycles. The van der Waals surface area contributed by atoms with Gasteiger partial charge in [-0.05, 0) is 37.6 Å². The number of carbonyl (C=O) groups excluding carboxylic acids is 3. The van der Waals surface area contributed by atoms with Gasteiger partial charge in [0.1, 0.15) is 0 Å². The summed E-state index contributed by atoms with van der Waals surface area (Å²) >= 11 is 3.42. The molecule has 1 aromatic carbocycles. The number of hydrazine groups is 1. The standard InChI is InChI=1S/C15H18BrN3O4/c1-3-23-15(22)18-17-14(21)10-7-13(20)19(8-10)11-4-5-12(16)9(2)6-11/h4-6,10H,3,7-8H2,1-2H3,(H,17,21)(H,18,22). The smallest absolute Gasteiger partial charge is 0.426 e. The summed E-state index contributed by atoms with van der Waals surface area (Å²) in [6, 6.07) is 5.58. The number of anilines is 1. The highest BCUT2D eigenvalue weighted by Crippen LogP contribution is 2.28. The number of hydrogen-bond acceptors (Lipinski definition) is 4. The molecule has 8 heteroatoms. The van der Waals surface area contributed by atoms with Gasteiger partial charge in [-0.2, -0.15) is 0 Å². The summed E-state index contributed by atoms with van der Waals surface area (Å²) in [4.78, 5) is 36.9. The van der Waals surface area contributed by atoms with E-state index >= 15 is 0 Å². The van der Waals surface area contributed by atoms with Crippen molar-refractivity contribution in [2.45, 2.75) is 20.3 Å². The van der Waals surface area contributed by atoms with E-state index < -0.39 is 17.9 Å². The number of benzene rings is 1. The fourth-order valence-electron chi connectivity index (χ4n) is 2.31. The fraction of sp³-hybridized carbons (Fsp3) is 0.400. The molecule has 1 atom stereocenters. The molecule has 0 aliphatic carbocycles. The number of carbonyl (C=O) groups is 3. The number of nitrogens with zero attached hydrogens (tertiary/aromatic N) is 1. The van der Waals surface area contributed by atoms with Crippen molar-refractivity contribution < 1.29 is 19.1 Å². The fourth-order valence-corrected chi connectivity index (χ4v) is 2.56. The molecule has 1 aliphatic heterocycles. The van der Waals surface area contributed by atoms with Gasteiger partial charge >= 0.3 is 6.09 Å². The van der Waals surface area contributed by atoms with E-state index in [0.717, 1.165) is 15.7 Å². The van der Waals surface area contributed by atoms with Crippen molar-refractivity contribution in [3.8, 4) is 0 Å². The normalized spacial score (nSPS) is 17.1. The summed E-state index contributed by atoms with van der Waals surface area (Å²) in [6.07, 6.45) is -0.628. The molecule has 1 aromatic rings. The van der Waals surface area contributed by atoms with Gasteiger partial charge < -0.3 is 9.64 Å². The Bertz CT molecular complexity index is 635. The minimum absolute atomic E-state index is 0.103. The van der Waals surface area contributed by atoms with E-state index in [-0.39, 0.29) is 25.5 Å². The number of hydrogen-bond donors (Lipinski definition) is 2. The van der Waals surface area contributed by atoms with Crippen LogP contribution in [0, 0.1) is 12.8 Å². The maximum atomic E-state index is 12.1. The first-order valence-electron chi connectivity index (χ1n) is 7.21. The lowest BCUT2D eigenvalue weighted by atomic mass is 10.1. The van der Waals surface area contributed by atoms with Crippen LogP contribution in [-0.4, -0.2) is 31.1 Å². The van der Waals surface area contributed by atoms with Gasteiger partial charge in [0, 0.05) is 23.1 Å². The molecule has 0 bridgehead atoms. The third-order valence-corrected chi connectivity index (χ3v) is 4.40. The lowest BCUT2D eigenvalue weighted by Crippen LogP contribution is -2.45. The lowest BCUT2D eigenvalue weighted by molar-refractivity contribution is -0.127. The van der Waals surface area contributed by atoms with Crippen LogP contribution in [0.4, 0.5) is 10.5 Å². The Balaban J connectivity index is 1.97. The molecule has 0 radical (unpaired) electrons. The maximum Gasteiger partial charge on any atom is 0.426 e. The molecule has 1 fully saturated rings. The van der Waals surface area contributed by atoms with Crippen LogP contribution in [0.3, 0.4) is 0 Å². The molecule has 1 aliphatic rings. The third kappa shape index (κ3) is 4.22. The number of rotatable bonds is 3. The van der Waals surface area contributed by atoms with Crippen molar-refractivity contribution in [1.29, 1.82) is 0 Å². The quantitative estimate of drug-likeness (QED) is 0.780. The highest BCUT2D eigenvalue weighted by Gasteiger charge is 2.35. The summed E-state index contributed by atoms with van der Waals surface area (Å²) in [5.74, 6) is -1.06. The SMILES string of the molecule is CCOC(=O)NNC(=O)C1CC(=O)N(c2ccc(Br)c(C)c2)C1. The second-order valence-electron chi connectivity index (χ2n) is 5.17. The second kappa shape index (κ2) is 7.45. The Morgan fingerprint density at radius 2 is 2.13 bits per heavy atom. The van der Waals surface area contributed by atoms with Gasteiger partial charge in [-0.1, -0.05) is 15.9 Å². The maximum absolute atomic E-state index is 12.1. The number of amides is 3. The van der Waals surface area contributed by atoms with Gasteiger partial charge in [0.2, 0.25) is 11.8 Å². The molecule has 1 unspecified atom stereocenters. The number of halogens is 1. The molecule has 2 N–H and O–H groups in total. The summed E-state index contributed by atoms with van der Waals surface area (Å²) in [7, 11) is 0. The molecule has 7 nitrogen and oxygen atoms in total. The van der Waals surface area contributed by atoms with Crippen molar-refractivity contribution in [1.82, 2.24) is 10.9 Å². The molecular weight excluding hydrogens is 366 g/mol. The first-order chi connectivity index (χ1) is 10.9. The zero-order chi connectivity index (χ0) is 17.0. The van der Waals surface area contributed by atoms with Crippen LogP contribution in [0.1, 0.15) is 18.9 Å². The number of aryl methyl sites for hydroxylation is 1. The first kappa shape index (κ1) is 17.3. The van der Waals surface area contributed by atoms with E-state index in [0.29, 0.717) is 0 Å². The predicted molar refractivity (Wildman–Crippen MR) is 87.6 cm³/mol. The van der Waals surface area contributed by atoms with Crippen LogP contribution < -0.4 is 15.8 Å². The first-order valence-corrected chi connectivity index (χ1v) is 8.00. The molecule has 0 spiro atoms. The van der Waals surface area contributed by atoms with Gasteiger partial charge in [-0.25, -0.2) is 10.2 Å². The number of nitrogens with one attached hydrogen (secondary N) is 2. The van der Waals surface area contributed by atoms with E-state index in [1.807, 2.05) is 25.1 Å². The summed E-state index contributed by atoms with van der Waals surface area (Å²) in [6.45, 7) is 4.08. The van der Waals surface area contributed by atoms with Crippen molar-refractivity contribution in [3.05, 3.63) is 28.2 Å². The van der Waals surface area contributed by atoms with Crippen LogP contribution in [0.2, 0.25) is 0 Å². The molecule has 2 rings (SSSR count). The van der Waals surface area contributed by atoms with E-state index in [1.165, 1.54) is 0 Å². The monoisotopic (exact) mass is 383 g/mol. The highest BCUT2D eigenvalue weighted by molar-refractivity contribution is 9.10. The van der Waals surface area contributed by atoms with Crippen LogP contribution in [0.5, 0.6) is 0 Å². The molecule has 124 valence electrons. The molecule has 3 amide bonds. The Hall–Kier alpha value is -2.09. The van der Waals surface area contributed by atoms with Crippen LogP contribution in [0.15, 0.2) is 22.7 Å². The predicted octanol–water partition coefficient (Wildman–Crippen LogP) is 1.89. The van der Waals surface area contributed by atoms with Gasteiger partial charge in [0.05, 0.1) is 12.5 Å². The summed E-state index contributed by atoms with van der Waals surface area (Å²) < 4.78 is 5.60. The van der Waals surface area contributed by atoms with Crippen molar-refractivity contribution >= 4 is 39.5 Å². The Morgan fingerprint density at radius 3 is 2.78 bits per heavy atom. The van der Waals surface area contributed by atoms with Crippen LogP contribution >= 0.6 is 15.9 Å². The molecule has 1 heterocycles. The van der Waals surface area contributed by atoms with Crippen LogP contribution in [-0.2, 0) is 14.3 Å². The third-order valence-electron chi connectivity index (χ3n) is 3.51. The number of ether oxygens (including phenoxy) is 1. The average Bonchev–Trinajstić information content (AvgIpc) is 2.90. The molecular formula is C15H18BrN3O4. The van der Waals surface area contributed by atoms with Crippen molar-refractivity contribution in [3.63, 3.8) is 0 Å². The zero-order valence-electron chi connectivity index (χ0n) is 12.9. The molecule has 23 heavy (non-hydrogen) atoms. The Kier molecular flexibility index (Phi) is 5.59. The topological polar surface area (TPSA) is 87.7 Å². The average molecular weight is 384 g/mol. The zero-order valence-corrected chi connectivity index (χ0v) is 14.5. The van der Waals surface area contributed by atoms with Gasteiger partial charge in [0.15, 0.2) is 0 Å². The van der Waals surface area contributed by atoms with Gasteiger partial charge in [-0.3, -0.25) is 15.0 Å². The van der Waals surface area contributed by atoms with Gasteiger partial charge in [-0.15, -0.1) is 0 Å². The minimum Gasteiger partial charge on any atom is -0.449 e. The van der Waals surface area contributed by atoms with E-state index in [9.17, 15) is 14.4 Å². The van der Waals surface area contributed by atoms with Crippen LogP contribution in [0.25, 0.3) is 0 Å². The molecule has 1 saturated heterocycles. The van der Waals surface area contributed by atoms with E-state index in [4.69, 9.17) is 0 Å². The van der Waals surface area contributed by atoms with Crippen molar-refractivity contribution in [2.24, 2.45) is 5.92 Å². The van der Waals surface area contributed by atoms with E-state index in [2.05, 4.69) is 31.5 Å². The summed E-state index contributed by atoms with van der Waals surface area (Å²) in [5, 5.41) is 0. The molecule has 0 aromatic heterocycles. The summed E-state index contributed by atoms with van der Waals surface area (Å²) in [5.41, 5.74) is 6.18. The second-order valence-corrected chi connectivity index (χ2v) is 6.03. The lowest BCUT2D eigenvalue weighted by Gasteiger charge is -2.17. The Morgan fingerprint density at radius 1 is 1.39 bits per heavy atom. The highest BCUT2D eigenvalue weighted by atomic mass is 79.9. The largest absolute Gasteiger partial charge is 0.449 e. The van der Waals surface area contributed by atoms with Gasteiger partial charge in [0.25, 0.3) is 0 Å². The Labute approximate surface area is 142 Å². The van der Waals surface area contributed by atoms with Crippen molar-refractivity contribution in [2.75, 3.05) is 18.1 Å².